The molecule has 0 aliphatic heterocycles. The minimum Gasteiger partial charge on any atom is -0.481 e. The van der Waals surface area contributed by atoms with Crippen molar-refractivity contribution in [3.63, 3.8) is 0 Å². The lowest BCUT2D eigenvalue weighted by Crippen LogP contribution is -2.39. The van der Waals surface area contributed by atoms with Gasteiger partial charge in [0.25, 0.3) is 0 Å². The third-order valence-electron chi connectivity index (χ3n) is 4.36. The van der Waals surface area contributed by atoms with Crippen LogP contribution < -0.4 is 0 Å². The Kier molecular flexibility index (Phi) is 3.68. The number of carboxylic acids is 1. The highest BCUT2D eigenvalue weighted by atomic mass is 35.5. The van der Waals surface area contributed by atoms with Gasteiger partial charge in [-0.15, -0.1) is 0 Å². The monoisotopic (exact) mass is 301 g/mol. The van der Waals surface area contributed by atoms with Crippen LogP contribution in [0, 0.1) is 5.41 Å². The molecule has 0 bridgehead atoms. The van der Waals surface area contributed by atoms with E-state index in [1.54, 1.807) is 12.4 Å². The van der Waals surface area contributed by atoms with Gasteiger partial charge in [0, 0.05) is 12.4 Å². The molecule has 108 valence electrons. The van der Waals surface area contributed by atoms with Crippen LogP contribution in [0.3, 0.4) is 0 Å². The van der Waals surface area contributed by atoms with Crippen LogP contribution in [0.5, 0.6) is 0 Å². The highest BCUT2D eigenvalue weighted by molar-refractivity contribution is 6.31. The topological polar surface area (TPSA) is 50.2 Å². The van der Waals surface area contributed by atoms with E-state index in [0.29, 0.717) is 24.3 Å². The highest BCUT2D eigenvalue weighted by Crippen LogP contribution is 2.39. The maximum atomic E-state index is 11.9. The van der Waals surface area contributed by atoms with Gasteiger partial charge in [-0.25, -0.2) is 0 Å². The summed E-state index contributed by atoms with van der Waals surface area (Å²) in [5, 5.41) is 10.3. The smallest absolute Gasteiger partial charge is 0.310 e. The molecule has 21 heavy (non-hydrogen) atoms. The molecule has 4 heteroatoms. The van der Waals surface area contributed by atoms with Crippen molar-refractivity contribution in [3.8, 4) is 0 Å². The summed E-state index contributed by atoms with van der Waals surface area (Å²) in [4.78, 5) is 15.9. The Balaban J connectivity index is 1.96. The maximum absolute atomic E-state index is 11.9. The first-order valence-corrected chi connectivity index (χ1v) is 7.37. The molecule has 0 spiro atoms. The number of nitrogens with zero attached hydrogens (tertiary/aromatic N) is 1. The molecule has 0 saturated heterocycles. The number of rotatable bonds is 3. The molecule has 3 rings (SSSR count). The number of carbonyl (C=O) groups is 1. The first-order valence-electron chi connectivity index (χ1n) is 6.99. The van der Waals surface area contributed by atoms with Gasteiger partial charge in [0.05, 0.1) is 10.4 Å². The molecule has 3 nitrogen and oxygen atoms in total. The van der Waals surface area contributed by atoms with Crippen molar-refractivity contribution in [1.29, 1.82) is 0 Å². The summed E-state index contributed by atoms with van der Waals surface area (Å²) in [5.74, 6) is -0.745. The Morgan fingerprint density at radius 3 is 2.76 bits per heavy atom. The lowest BCUT2D eigenvalue weighted by atomic mass is 9.68. The first kappa shape index (κ1) is 14.1. The fourth-order valence-electron chi connectivity index (χ4n) is 3.12. The first-order chi connectivity index (χ1) is 10.1. The van der Waals surface area contributed by atoms with Crippen molar-refractivity contribution in [3.05, 3.63) is 64.4 Å². The molecule has 1 aliphatic rings. The van der Waals surface area contributed by atoms with Gasteiger partial charge in [-0.3, -0.25) is 9.78 Å². The van der Waals surface area contributed by atoms with Crippen molar-refractivity contribution >= 4 is 17.6 Å². The molecular formula is C17H16ClNO2. The van der Waals surface area contributed by atoms with Crippen LogP contribution in [0.4, 0.5) is 0 Å². The Bertz CT molecular complexity index is 686. The molecule has 1 aromatic carbocycles. The molecule has 1 unspecified atom stereocenters. The molecule has 0 radical (unpaired) electrons. The summed E-state index contributed by atoms with van der Waals surface area (Å²) in [5.41, 5.74) is 2.47. The van der Waals surface area contributed by atoms with Crippen LogP contribution in [-0.4, -0.2) is 16.1 Å². The molecule has 2 aromatic rings. The Hall–Kier alpha value is -1.87. The van der Waals surface area contributed by atoms with Gasteiger partial charge in [0.1, 0.15) is 0 Å². The van der Waals surface area contributed by atoms with Crippen LogP contribution in [0.25, 0.3) is 0 Å². The predicted octanol–water partition coefficient (Wildman–Crippen LogP) is 3.54. The molecule has 1 heterocycles. The normalized spacial score (nSPS) is 20.8. The maximum Gasteiger partial charge on any atom is 0.310 e. The molecule has 1 aliphatic carbocycles. The second-order valence-corrected chi connectivity index (χ2v) is 6.08. The zero-order chi connectivity index (χ0) is 14.9. The lowest BCUT2D eigenvalue weighted by molar-refractivity contribution is -0.149. The van der Waals surface area contributed by atoms with Crippen molar-refractivity contribution in [2.75, 3.05) is 0 Å². The van der Waals surface area contributed by atoms with E-state index < -0.39 is 11.4 Å². The van der Waals surface area contributed by atoms with Crippen molar-refractivity contribution in [2.45, 2.75) is 25.7 Å². The molecule has 0 fully saturated rings. The fourth-order valence-corrected chi connectivity index (χ4v) is 3.31. The van der Waals surface area contributed by atoms with Gasteiger partial charge >= 0.3 is 5.97 Å². The van der Waals surface area contributed by atoms with Crippen LogP contribution in [0.1, 0.15) is 23.1 Å². The quantitative estimate of drug-likeness (QED) is 0.943. The lowest BCUT2D eigenvalue weighted by Gasteiger charge is -2.34. The summed E-state index contributed by atoms with van der Waals surface area (Å²) >= 11 is 6.15. The zero-order valence-electron chi connectivity index (χ0n) is 11.6. The van der Waals surface area contributed by atoms with E-state index in [9.17, 15) is 9.90 Å². The van der Waals surface area contributed by atoms with Gasteiger partial charge < -0.3 is 5.11 Å². The number of carboxylic acid groups (broad SMARTS) is 1. The summed E-state index contributed by atoms with van der Waals surface area (Å²) in [6.45, 7) is 0. The van der Waals surface area contributed by atoms with Crippen molar-refractivity contribution in [1.82, 2.24) is 4.98 Å². The van der Waals surface area contributed by atoms with E-state index in [-0.39, 0.29) is 0 Å². The van der Waals surface area contributed by atoms with E-state index >= 15 is 0 Å². The Labute approximate surface area is 128 Å². The summed E-state index contributed by atoms with van der Waals surface area (Å²) in [6.07, 6.45) is 5.66. The number of halogens is 1. The van der Waals surface area contributed by atoms with Gasteiger partial charge in [-0.2, -0.15) is 0 Å². The minimum absolute atomic E-state index is 0.442. The molecule has 0 amide bonds. The number of aromatic nitrogens is 1. The number of aryl methyl sites for hydroxylation is 1. The van der Waals surface area contributed by atoms with Crippen molar-refractivity contribution in [2.24, 2.45) is 5.41 Å². The second kappa shape index (κ2) is 5.49. The number of aliphatic carboxylic acids is 1. The summed E-state index contributed by atoms with van der Waals surface area (Å²) in [7, 11) is 0. The average molecular weight is 302 g/mol. The summed E-state index contributed by atoms with van der Waals surface area (Å²) in [6, 6.07) is 9.90. The van der Waals surface area contributed by atoms with Gasteiger partial charge in [-0.1, -0.05) is 35.9 Å². The Morgan fingerprint density at radius 2 is 2.05 bits per heavy atom. The van der Waals surface area contributed by atoms with Gasteiger partial charge in [0.2, 0.25) is 0 Å². The van der Waals surface area contributed by atoms with Gasteiger partial charge in [-0.05, 0) is 48.4 Å². The standard InChI is InChI=1S/C17H16ClNO2/c18-15-11-19-8-6-14(15)10-17(16(20)21)7-5-12-3-1-2-4-13(12)9-17/h1-4,6,8,11H,5,7,9-10H2,(H,20,21). The van der Waals surface area contributed by atoms with Gasteiger partial charge in [0.15, 0.2) is 0 Å². The third kappa shape index (κ3) is 2.66. The SMILES string of the molecule is O=C(O)C1(Cc2ccncc2Cl)CCc2ccccc2C1. The predicted molar refractivity (Wildman–Crippen MR) is 81.5 cm³/mol. The van der Waals surface area contributed by atoms with Crippen LogP contribution >= 0.6 is 11.6 Å². The van der Waals surface area contributed by atoms with E-state index in [4.69, 9.17) is 11.6 Å². The fraction of sp³-hybridized carbons (Fsp3) is 0.294. The largest absolute Gasteiger partial charge is 0.481 e. The number of pyridine rings is 1. The second-order valence-electron chi connectivity index (χ2n) is 5.67. The summed E-state index contributed by atoms with van der Waals surface area (Å²) < 4.78 is 0. The highest BCUT2D eigenvalue weighted by Gasteiger charge is 2.41. The number of benzene rings is 1. The number of fused-ring (bicyclic) bond motifs is 1. The number of hydrogen-bond acceptors (Lipinski definition) is 2. The van der Waals surface area contributed by atoms with Crippen LogP contribution in [0.2, 0.25) is 5.02 Å². The van der Waals surface area contributed by atoms with E-state index in [2.05, 4.69) is 11.1 Å². The Morgan fingerprint density at radius 1 is 1.29 bits per heavy atom. The molecule has 1 aromatic heterocycles. The molecule has 1 N–H and O–H groups in total. The minimum atomic E-state index is -0.778. The van der Waals surface area contributed by atoms with Crippen molar-refractivity contribution < 1.29 is 9.90 Å². The molecular weight excluding hydrogens is 286 g/mol. The third-order valence-corrected chi connectivity index (χ3v) is 4.70. The number of hydrogen-bond donors (Lipinski definition) is 1. The zero-order valence-corrected chi connectivity index (χ0v) is 12.3. The average Bonchev–Trinajstić information content (AvgIpc) is 2.49. The van der Waals surface area contributed by atoms with Crippen LogP contribution in [-0.2, 0) is 24.1 Å². The molecule has 1 atom stereocenters. The van der Waals surface area contributed by atoms with Crippen LogP contribution in [0.15, 0.2) is 42.7 Å². The van der Waals surface area contributed by atoms with E-state index in [0.717, 1.165) is 17.5 Å². The van der Waals surface area contributed by atoms with E-state index in [1.165, 1.54) is 5.56 Å². The van der Waals surface area contributed by atoms with E-state index in [1.807, 2.05) is 24.3 Å². The molecule has 0 saturated carbocycles.